The van der Waals surface area contributed by atoms with Gasteiger partial charge in [0.1, 0.15) is 5.56 Å². The molecule has 1 N–H and O–H groups in total. The summed E-state index contributed by atoms with van der Waals surface area (Å²) in [5.74, 6) is -1.73. The molecule has 2 aromatic heterocycles. The van der Waals surface area contributed by atoms with E-state index in [0.29, 0.717) is 20.0 Å². The predicted molar refractivity (Wildman–Crippen MR) is 132 cm³/mol. The Balaban J connectivity index is 1.79. The number of aromatic nitrogens is 2. The van der Waals surface area contributed by atoms with Crippen molar-refractivity contribution in [1.29, 1.82) is 0 Å². The van der Waals surface area contributed by atoms with Crippen LogP contribution in [0.15, 0.2) is 77.5 Å². The largest absolute Gasteiger partial charge is 0.461 e. The van der Waals surface area contributed by atoms with Crippen LogP contribution in [0.25, 0.3) is 16.7 Å². The molecule has 2 aromatic carbocycles. The monoisotopic (exact) mass is 587 g/mol. The summed E-state index contributed by atoms with van der Waals surface area (Å²) < 4.78 is 12.6. The van der Waals surface area contributed by atoms with Crippen LogP contribution in [0.5, 0.6) is 0 Å². The van der Waals surface area contributed by atoms with Crippen LogP contribution in [-0.2, 0) is 4.74 Å². The third-order valence-corrected chi connectivity index (χ3v) is 5.69. The van der Waals surface area contributed by atoms with E-state index in [2.05, 4.69) is 42.3 Å². The summed E-state index contributed by atoms with van der Waals surface area (Å²) in [6.45, 7) is 1.66. The fourth-order valence-corrected chi connectivity index (χ4v) is 4.50. The molecule has 0 saturated carbocycles. The van der Waals surface area contributed by atoms with Crippen LogP contribution in [-0.4, -0.2) is 28.3 Å². The number of hydrogen-bond donors (Lipinski definition) is 1. The van der Waals surface area contributed by atoms with Crippen molar-refractivity contribution in [3.05, 3.63) is 95.6 Å². The molecule has 0 unspecified atom stereocenters. The minimum absolute atomic E-state index is 0.0520. The van der Waals surface area contributed by atoms with E-state index < -0.39 is 23.1 Å². The van der Waals surface area contributed by atoms with Gasteiger partial charge in [0.15, 0.2) is 11.3 Å². The van der Waals surface area contributed by atoms with E-state index in [0.717, 1.165) is 10.7 Å². The Labute approximate surface area is 208 Å². The van der Waals surface area contributed by atoms with E-state index in [1.54, 1.807) is 49.4 Å². The molecule has 4 aromatic rings. The van der Waals surface area contributed by atoms with Crippen LogP contribution < -0.4 is 16.5 Å². The molecule has 0 aliphatic heterocycles. The lowest BCUT2D eigenvalue weighted by atomic mass is 10.1. The van der Waals surface area contributed by atoms with Gasteiger partial charge in [-0.1, -0.05) is 34.1 Å². The van der Waals surface area contributed by atoms with Crippen LogP contribution in [0.4, 0.5) is 5.69 Å². The number of rotatable bonds is 5. The Morgan fingerprint density at radius 2 is 1.82 bits per heavy atom. The summed E-state index contributed by atoms with van der Waals surface area (Å²) in [7, 11) is 0. The van der Waals surface area contributed by atoms with Gasteiger partial charge < -0.3 is 14.5 Å². The summed E-state index contributed by atoms with van der Waals surface area (Å²) in [5.41, 5.74) is -1.62. The standard InChI is InChI=1S/C23H15Br2N3O6/c1-2-33-23(32)19-17(11-18(29)28(27-19)14-6-4-3-5-7-14)26-21(30)15-9-12-8-13(24)10-16(25)20(12)34-22(15)31/h3-11H,2H2,1H3,(H,26,30). The molecular weight excluding hydrogens is 574 g/mol. The van der Waals surface area contributed by atoms with E-state index >= 15 is 0 Å². The Morgan fingerprint density at radius 1 is 1.09 bits per heavy atom. The highest BCUT2D eigenvalue weighted by atomic mass is 79.9. The van der Waals surface area contributed by atoms with Crippen LogP contribution in [0.3, 0.4) is 0 Å². The first-order valence-electron chi connectivity index (χ1n) is 9.89. The van der Waals surface area contributed by atoms with Crippen molar-refractivity contribution in [2.24, 2.45) is 0 Å². The zero-order valence-electron chi connectivity index (χ0n) is 17.5. The first kappa shape index (κ1) is 23.6. The number of benzene rings is 2. The van der Waals surface area contributed by atoms with Gasteiger partial charge in [-0.05, 0) is 53.2 Å². The van der Waals surface area contributed by atoms with Crippen LogP contribution in [0.2, 0.25) is 0 Å². The number of esters is 1. The summed E-state index contributed by atoms with van der Waals surface area (Å²) in [6, 6.07) is 14.2. The number of fused-ring (bicyclic) bond motifs is 1. The van der Waals surface area contributed by atoms with E-state index in [-0.39, 0.29) is 29.1 Å². The Morgan fingerprint density at radius 3 is 2.53 bits per heavy atom. The molecule has 0 fully saturated rings. The van der Waals surface area contributed by atoms with Crippen molar-refractivity contribution < 1.29 is 18.7 Å². The minimum atomic E-state index is -0.892. The number of carbonyl (C=O) groups excluding carboxylic acids is 2. The SMILES string of the molecule is CCOC(=O)c1nn(-c2ccccc2)c(=O)cc1NC(=O)c1cc2cc(Br)cc(Br)c2oc1=O. The Kier molecular flexibility index (Phi) is 6.75. The van der Waals surface area contributed by atoms with Crippen LogP contribution >= 0.6 is 31.9 Å². The van der Waals surface area contributed by atoms with Gasteiger partial charge in [0, 0.05) is 15.9 Å². The second kappa shape index (κ2) is 9.74. The third-order valence-electron chi connectivity index (χ3n) is 4.65. The average Bonchev–Trinajstić information content (AvgIpc) is 2.80. The van der Waals surface area contributed by atoms with E-state index in [4.69, 9.17) is 9.15 Å². The molecule has 4 rings (SSSR count). The highest BCUT2D eigenvalue weighted by Gasteiger charge is 2.22. The molecule has 1 amide bonds. The summed E-state index contributed by atoms with van der Waals surface area (Å²) in [6.07, 6.45) is 0. The van der Waals surface area contributed by atoms with Crippen molar-refractivity contribution in [2.45, 2.75) is 6.92 Å². The predicted octanol–water partition coefficient (Wildman–Crippen LogP) is 4.29. The molecular formula is C23H15Br2N3O6. The second-order valence-corrected chi connectivity index (χ2v) is 8.69. The number of anilines is 1. The molecule has 0 spiro atoms. The van der Waals surface area contributed by atoms with Gasteiger partial charge in [0.05, 0.1) is 22.5 Å². The maximum absolute atomic E-state index is 13.0. The Bertz CT molecular complexity index is 1550. The van der Waals surface area contributed by atoms with Gasteiger partial charge in [-0.25, -0.2) is 9.59 Å². The number of ether oxygens (including phenoxy) is 1. The van der Waals surface area contributed by atoms with E-state index in [1.165, 1.54) is 6.07 Å². The zero-order chi connectivity index (χ0) is 24.4. The topological polar surface area (TPSA) is 120 Å². The molecule has 9 nitrogen and oxygen atoms in total. The van der Waals surface area contributed by atoms with Gasteiger partial charge in [0.25, 0.3) is 11.5 Å². The molecule has 0 radical (unpaired) electrons. The number of nitrogens with one attached hydrogen (secondary N) is 1. The number of carbonyl (C=O) groups is 2. The highest BCUT2D eigenvalue weighted by molar-refractivity contribution is 9.11. The summed E-state index contributed by atoms with van der Waals surface area (Å²) >= 11 is 6.66. The summed E-state index contributed by atoms with van der Waals surface area (Å²) in [5, 5.41) is 7.01. The smallest absolute Gasteiger partial charge is 0.360 e. The fourth-order valence-electron chi connectivity index (χ4n) is 3.16. The fraction of sp³-hybridized carbons (Fsp3) is 0.0870. The molecule has 0 atom stereocenters. The maximum atomic E-state index is 13.0. The molecule has 0 bridgehead atoms. The van der Waals surface area contributed by atoms with Crippen molar-refractivity contribution in [3.63, 3.8) is 0 Å². The van der Waals surface area contributed by atoms with Crippen LogP contribution in [0, 0.1) is 0 Å². The molecule has 11 heteroatoms. The number of halogens is 2. The van der Waals surface area contributed by atoms with Crippen molar-refractivity contribution >= 4 is 60.4 Å². The van der Waals surface area contributed by atoms with E-state index in [9.17, 15) is 19.2 Å². The number of amides is 1. The first-order valence-corrected chi connectivity index (χ1v) is 11.5. The number of nitrogens with zero attached hydrogens (tertiary/aromatic N) is 2. The van der Waals surface area contributed by atoms with Gasteiger partial charge in [-0.2, -0.15) is 9.78 Å². The third kappa shape index (κ3) is 4.70. The minimum Gasteiger partial charge on any atom is -0.461 e. The Hall–Kier alpha value is -3.57. The van der Waals surface area contributed by atoms with E-state index in [1.807, 2.05) is 0 Å². The average molecular weight is 589 g/mol. The maximum Gasteiger partial charge on any atom is 0.360 e. The quantitative estimate of drug-likeness (QED) is 0.273. The van der Waals surface area contributed by atoms with Gasteiger partial charge in [0.2, 0.25) is 0 Å². The van der Waals surface area contributed by atoms with Gasteiger partial charge in [-0.3, -0.25) is 9.59 Å². The molecule has 0 aliphatic carbocycles. The molecule has 34 heavy (non-hydrogen) atoms. The lowest BCUT2D eigenvalue weighted by Crippen LogP contribution is -2.28. The lowest BCUT2D eigenvalue weighted by molar-refractivity contribution is 0.0518. The summed E-state index contributed by atoms with van der Waals surface area (Å²) in [4.78, 5) is 50.7. The zero-order valence-corrected chi connectivity index (χ0v) is 20.7. The normalized spacial score (nSPS) is 10.8. The number of para-hydroxylation sites is 1. The van der Waals surface area contributed by atoms with Crippen molar-refractivity contribution in [2.75, 3.05) is 11.9 Å². The van der Waals surface area contributed by atoms with Crippen molar-refractivity contribution in [3.8, 4) is 5.69 Å². The van der Waals surface area contributed by atoms with Crippen molar-refractivity contribution in [1.82, 2.24) is 9.78 Å². The van der Waals surface area contributed by atoms with Crippen LogP contribution in [0.1, 0.15) is 27.8 Å². The lowest BCUT2D eigenvalue weighted by Gasteiger charge is -2.12. The molecule has 0 aliphatic rings. The molecule has 0 saturated heterocycles. The van der Waals surface area contributed by atoms with Gasteiger partial charge >= 0.3 is 11.6 Å². The first-order chi connectivity index (χ1) is 16.3. The van der Waals surface area contributed by atoms with Gasteiger partial charge in [-0.15, -0.1) is 0 Å². The molecule has 2 heterocycles. The number of hydrogen-bond acceptors (Lipinski definition) is 7. The molecule has 172 valence electrons. The highest BCUT2D eigenvalue weighted by Crippen LogP contribution is 2.28. The second-order valence-electron chi connectivity index (χ2n) is 6.92.